The molecule has 1 amide bonds. The number of carbonyl (C=O) groups is 2. The Kier molecular flexibility index (Phi) is 6.99. The summed E-state index contributed by atoms with van der Waals surface area (Å²) in [4.78, 5) is 25.0. The molecule has 4 rings (SSSR count). The minimum absolute atomic E-state index is 0.0124. The average molecular weight is 449 g/mol. The van der Waals surface area contributed by atoms with Crippen LogP contribution in [0.15, 0.2) is 42.0 Å². The second kappa shape index (κ2) is 9.93. The minimum Gasteiger partial charge on any atom is -0.466 e. The molecule has 0 bridgehead atoms. The van der Waals surface area contributed by atoms with E-state index in [1.54, 1.807) is 19.1 Å². The molecule has 4 unspecified atom stereocenters. The quantitative estimate of drug-likeness (QED) is 0.583. The van der Waals surface area contributed by atoms with Crippen LogP contribution in [-0.2, 0) is 25.5 Å². The van der Waals surface area contributed by atoms with Gasteiger partial charge in [0.1, 0.15) is 0 Å². The number of fused-ring (bicyclic) bond motifs is 2. The van der Waals surface area contributed by atoms with Gasteiger partial charge in [-0.05, 0) is 62.1 Å². The van der Waals surface area contributed by atoms with Crippen molar-refractivity contribution in [3.05, 3.63) is 53.1 Å². The molecule has 4 atom stereocenters. The Bertz CT molecular complexity index is 1020. The topological polar surface area (TPSA) is 88.4 Å². The molecule has 6 nitrogen and oxygen atoms in total. The highest BCUT2D eigenvalue weighted by molar-refractivity contribution is 5.96. The van der Waals surface area contributed by atoms with E-state index in [-0.39, 0.29) is 35.2 Å². The molecule has 1 heterocycles. The van der Waals surface area contributed by atoms with E-state index < -0.39 is 0 Å². The van der Waals surface area contributed by atoms with Gasteiger partial charge in [0.15, 0.2) is 0 Å². The third kappa shape index (κ3) is 4.89. The highest BCUT2D eigenvalue weighted by Crippen LogP contribution is 2.64. The van der Waals surface area contributed by atoms with E-state index in [4.69, 9.17) is 9.47 Å². The predicted molar refractivity (Wildman–Crippen MR) is 125 cm³/mol. The first-order valence-electron chi connectivity index (χ1n) is 12.0. The van der Waals surface area contributed by atoms with Gasteiger partial charge in [-0.1, -0.05) is 36.8 Å². The molecule has 0 radical (unpaired) electrons. The molecule has 2 fully saturated rings. The van der Waals surface area contributed by atoms with Crippen LogP contribution in [0.25, 0.3) is 0 Å². The monoisotopic (exact) mass is 448 g/mol. The summed E-state index contributed by atoms with van der Waals surface area (Å²) in [6.45, 7) is 4.99. The molecule has 2 aliphatic carbocycles. The Morgan fingerprint density at radius 3 is 2.94 bits per heavy atom. The first-order valence-corrected chi connectivity index (χ1v) is 12.0. The molecular formula is C27H32N2O4. The molecule has 1 aromatic rings. The van der Waals surface area contributed by atoms with Gasteiger partial charge in [-0.2, -0.15) is 5.26 Å². The number of nitrogens with one attached hydrogen (secondary N) is 1. The molecule has 1 aromatic carbocycles. The maximum absolute atomic E-state index is 13.3. The number of nitriles is 1. The SMILES string of the molecule is CCOC(=O)CCCc1ccc(C#N)cc1NC(=O)C1CC12CCOC1C=CC(CC)=CC12. The van der Waals surface area contributed by atoms with Crippen molar-refractivity contribution in [3.8, 4) is 6.07 Å². The first kappa shape index (κ1) is 23.3. The summed E-state index contributed by atoms with van der Waals surface area (Å²) in [5.74, 6) is -0.0329. The Hall–Kier alpha value is -2.91. The zero-order valence-corrected chi connectivity index (χ0v) is 19.4. The van der Waals surface area contributed by atoms with Crippen LogP contribution in [0.3, 0.4) is 0 Å². The van der Waals surface area contributed by atoms with Gasteiger partial charge in [-0.3, -0.25) is 9.59 Å². The maximum atomic E-state index is 13.3. The number of nitrogens with zero attached hydrogens (tertiary/aromatic N) is 1. The molecule has 0 aromatic heterocycles. The minimum atomic E-state index is -0.216. The third-order valence-electron chi connectivity index (χ3n) is 7.26. The van der Waals surface area contributed by atoms with Gasteiger partial charge in [0.2, 0.25) is 5.91 Å². The van der Waals surface area contributed by atoms with Crippen LogP contribution in [0.2, 0.25) is 0 Å². The fourth-order valence-corrected chi connectivity index (χ4v) is 5.34. The second-order valence-corrected chi connectivity index (χ2v) is 9.19. The lowest BCUT2D eigenvalue weighted by molar-refractivity contribution is -0.143. The standard InChI is InChI=1S/C27H32N2O4/c1-3-18-9-11-24-21(14-18)27(12-13-33-24)16-22(27)26(31)29-23-15-19(17-28)8-10-20(23)6-5-7-25(30)32-4-2/h8-11,14-15,21-22,24H,3-7,12-13,16H2,1-2H3,(H,29,31). The van der Waals surface area contributed by atoms with Crippen molar-refractivity contribution in [2.24, 2.45) is 17.3 Å². The summed E-state index contributed by atoms with van der Waals surface area (Å²) in [6.07, 6.45) is 11.0. The number of amides is 1. The van der Waals surface area contributed by atoms with Crippen molar-refractivity contribution in [3.63, 3.8) is 0 Å². The Morgan fingerprint density at radius 1 is 1.33 bits per heavy atom. The number of benzene rings is 1. The smallest absolute Gasteiger partial charge is 0.305 e. The number of rotatable bonds is 8. The number of hydrogen-bond donors (Lipinski definition) is 1. The van der Waals surface area contributed by atoms with Crippen LogP contribution >= 0.6 is 0 Å². The first-order chi connectivity index (χ1) is 16.0. The molecule has 1 aliphatic heterocycles. The molecular weight excluding hydrogens is 416 g/mol. The van der Waals surface area contributed by atoms with Crippen LogP contribution in [0.5, 0.6) is 0 Å². The molecule has 33 heavy (non-hydrogen) atoms. The second-order valence-electron chi connectivity index (χ2n) is 9.19. The number of hydrogen-bond acceptors (Lipinski definition) is 5. The van der Waals surface area contributed by atoms with Gasteiger partial charge in [-0.15, -0.1) is 0 Å². The lowest BCUT2D eigenvalue weighted by atomic mass is 9.75. The van der Waals surface area contributed by atoms with E-state index >= 15 is 0 Å². The number of carbonyl (C=O) groups excluding carboxylic acids is 2. The van der Waals surface area contributed by atoms with Crippen LogP contribution < -0.4 is 5.32 Å². The predicted octanol–water partition coefficient (Wildman–Crippen LogP) is 4.70. The number of allylic oxidation sites excluding steroid dienone is 2. The summed E-state index contributed by atoms with van der Waals surface area (Å²) in [5.41, 5.74) is 3.36. The highest BCUT2D eigenvalue weighted by atomic mass is 16.5. The van der Waals surface area contributed by atoms with E-state index in [2.05, 4.69) is 36.5 Å². The molecule has 1 spiro atoms. The van der Waals surface area contributed by atoms with Gasteiger partial charge < -0.3 is 14.8 Å². The molecule has 1 saturated carbocycles. The Morgan fingerprint density at radius 2 is 2.18 bits per heavy atom. The molecule has 6 heteroatoms. The number of ether oxygens (including phenoxy) is 2. The summed E-state index contributed by atoms with van der Waals surface area (Å²) < 4.78 is 11.0. The molecule has 3 aliphatic rings. The van der Waals surface area contributed by atoms with Crippen LogP contribution in [-0.4, -0.2) is 31.2 Å². The normalized spacial score (nSPS) is 27.3. The van der Waals surface area contributed by atoms with Crippen molar-refractivity contribution < 1.29 is 19.1 Å². The lowest BCUT2D eigenvalue weighted by Gasteiger charge is -2.38. The summed E-state index contributed by atoms with van der Waals surface area (Å²) >= 11 is 0. The maximum Gasteiger partial charge on any atom is 0.305 e. The van der Waals surface area contributed by atoms with E-state index in [0.29, 0.717) is 43.7 Å². The van der Waals surface area contributed by atoms with Gasteiger partial charge in [-0.25, -0.2) is 0 Å². The number of esters is 1. The summed E-state index contributed by atoms with van der Waals surface area (Å²) in [5, 5.41) is 12.5. The Balaban J connectivity index is 1.46. The lowest BCUT2D eigenvalue weighted by Crippen LogP contribution is -2.39. The van der Waals surface area contributed by atoms with Crippen LogP contribution in [0.4, 0.5) is 5.69 Å². The fraction of sp³-hybridized carbons (Fsp3) is 0.519. The van der Waals surface area contributed by atoms with Crippen molar-refractivity contribution in [1.82, 2.24) is 0 Å². The number of aryl methyl sites for hydroxylation is 1. The zero-order chi connectivity index (χ0) is 23.4. The van der Waals surface area contributed by atoms with Crippen molar-refractivity contribution in [1.29, 1.82) is 5.26 Å². The summed E-state index contributed by atoms with van der Waals surface area (Å²) in [7, 11) is 0. The van der Waals surface area contributed by atoms with Gasteiger partial charge in [0, 0.05) is 30.6 Å². The van der Waals surface area contributed by atoms with E-state index in [0.717, 1.165) is 24.8 Å². The highest BCUT2D eigenvalue weighted by Gasteiger charge is 2.64. The summed E-state index contributed by atoms with van der Waals surface area (Å²) in [6, 6.07) is 7.51. The van der Waals surface area contributed by atoms with E-state index in [1.165, 1.54) is 5.57 Å². The van der Waals surface area contributed by atoms with Gasteiger partial charge in [0.05, 0.1) is 24.3 Å². The molecule has 1 N–H and O–H groups in total. The van der Waals surface area contributed by atoms with Gasteiger partial charge in [0.25, 0.3) is 0 Å². The Labute approximate surface area is 195 Å². The van der Waals surface area contributed by atoms with Crippen molar-refractivity contribution in [2.75, 3.05) is 18.5 Å². The van der Waals surface area contributed by atoms with E-state index in [1.807, 2.05) is 6.07 Å². The molecule has 174 valence electrons. The number of anilines is 1. The van der Waals surface area contributed by atoms with Crippen LogP contribution in [0.1, 0.15) is 57.1 Å². The third-order valence-corrected chi connectivity index (χ3v) is 7.26. The van der Waals surface area contributed by atoms with E-state index in [9.17, 15) is 14.9 Å². The average Bonchev–Trinajstić information content (AvgIpc) is 3.54. The molecule has 1 saturated heterocycles. The fourth-order valence-electron chi connectivity index (χ4n) is 5.34. The largest absolute Gasteiger partial charge is 0.466 e. The van der Waals surface area contributed by atoms with Crippen molar-refractivity contribution >= 4 is 17.6 Å². The van der Waals surface area contributed by atoms with Gasteiger partial charge >= 0.3 is 5.97 Å². The zero-order valence-electron chi connectivity index (χ0n) is 19.4. The van der Waals surface area contributed by atoms with Crippen molar-refractivity contribution in [2.45, 2.75) is 58.5 Å². The van der Waals surface area contributed by atoms with Crippen LogP contribution in [0, 0.1) is 28.6 Å².